The summed E-state index contributed by atoms with van der Waals surface area (Å²) in [5, 5.41) is 9.04. The van der Waals surface area contributed by atoms with Crippen LogP contribution in [0.5, 0.6) is 0 Å². The molecular weight excluding hydrogens is 304 g/mol. The maximum atomic E-state index is 13.5. The molecule has 2 N–H and O–H groups in total. The van der Waals surface area contributed by atoms with Crippen molar-refractivity contribution >= 4 is 16.0 Å². The van der Waals surface area contributed by atoms with Gasteiger partial charge in [-0.05, 0) is 18.1 Å². The van der Waals surface area contributed by atoms with Crippen LogP contribution in [0, 0.1) is 17.6 Å². The Balaban J connectivity index is 2.99. The van der Waals surface area contributed by atoms with E-state index in [0.717, 1.165) is 18.2 Å². The van der Waals surface area contributed by atoms with E-state index in [1.54, 1.807) is 13.8 Å². The Morgan fingerprint density at radius 3 is 2.29 bits per heavy atom. The van der Waals surface area contributed by atoms with Gasteiger partial charge in [0, 0.05) is 5.56 Å². The molecule has 0 aromatic heterocycles. The first kappa shape index (κ1) is 17.5. The number of nitrogens with one attached hydrogen (secondary N) is 1. The van der Waals surface area contributed by atoms with Gasteiger partial charge in [-0.15, -0.1) is 0 Å². The minimum atomic E-state index is -4.19. The van der Waals surface area contributed by atoms with Crippen LogP contribution >= 0.6 is 0 Å². The predicted octanol–water partition coefficient (Wildman–Crippen LogP) is 1.88. The van der Waals surface area contributed by atoms with Crippen LogP contribution in [0.25, 0.3) is 0 Å². The fourth-order valence-corrected chi connectivity index (χ4v) is 3.20. The van der Waals surface area contributed by atoms with Gasteiger partial charge in [0.1, 0.15) is 17.7 Å². The smallest absolute Gasteiger partial charge is 0.322 e. The van der Waals surface area contributed by atoms with Crippen LogP contribution in [0.3, 0.4) is 0 Å². The molecule has 0 aliphatic carbocycles. The average Bonchev–Trinajstić information content (AvgIpc) is 2.39. The van der Waals surface area contributed by atoms with E-state index >= 15 is 0 Å². The van der Waals surface area contributed by atoms with Crippen molar-refractivity contribution in [1.82, 2.24) is 4.72 Å². The second-order valence-electron chi connectivity index (χ2n) is 4.78. The molecule has 0 aliphatic rings. The Kier molecular flexibility index (Phi) is 5.79. The molecule has 118 valence electrons. The van der Waals surface area contributed by atoms with Crippen molar-refractivity contribution in [3.05, 3.63) is 35.4 Å². The molecule has 0 saturated carbocycles. The van der Waals surface area contributed by atoms with E-state index in [-0.39, 0.29) is 0 Å². The van der Waals surface area contributed by atoms with Gasteiger partial charge in [0.25, 0.3) is 0 Å². The summed E-state index contributed by atoms with van der Waals surface area (Å²) in [6.45, 7) is 3.29. The van der Waals surface area contributed by atoms with E-state index in [0.29, 0.717) is 6.42 Å². The molecule has 0 bridgehead atoms. The van der Waals surface area contributed by atoms with Crippen molar-refractivity contribution in [2.45, 2.75) is 32.1 Å². The molecule has 5 nitrogen and oxygen atoms in total. The van der Waals surface area contributed by atoms with E-state index in [4.69, 9.17) is 5.11 Å². The molecule has 0 amide bonds. The van der Waals surface area contributed by atoms with E-state index in [1.165, 1.54) is 0 Å². The van der Waals surface area contributed by atoms with Crippen LogP contribution in [0.4, 0.5) is 8.78 Å². The number of aliphatic carboxylic acids is 1. The second kappa shape index (κ2) is 6.95. The van der Waals surface area contributed by atoms with Crippen molar-refractivity contribution < 1.29 is 27.1 Å². The van der Waals surface area contributed by atoms with Crippen LogP contribution in [-0.4, -0.2) is 25.5 Å². The fraction of sp³-hybridized carbons (Fsp3) is 0.462. The standard InChI is InChI=1S/C13H17F2NO4S/c1-3-8(2)12(13(17)18)16-21(19,20)7-9-10(14)5-4-6-11(9)15/h4-6,8,12,16H,3,7H2,1-2H3,(H,17,18)/t8-,12-/m0/s1. The number of benzene rings is 1. The quantitative estimate of drug-likeness (QED) is 0.803. The molecule has 0 aliphatic heterocycles. The summed E-state index contributed by atoms with van der Waals surface area (Å²) >= 11 is 0. The molecule has 1 aromatic carbocycles. The van der Waals surface area contributed by atoms with E-state index in [1.807, 2.05) is 4.72 Å². The minimum absolute atomic E-state index is 0.438. The third-order valence-electron chi connectivity index (χ3n) is 3.18. The van der Waals surface area contributed by atoms with Crippen molar-refractivity contribution in [3.8, 4) is 0 Å². The minimum Gasteiger partial charge on any atom is -0.480 e. The highest BCUT2D eigenvalue weighted by Gasteiger charge is 2.29. The molecule has 0 unspecified atom stereocenters. The number of rotatable bonds is 7. The number of carboxylic acids is 1. The molecule has 1 rings (SSSR count). The Labute approximate surface area is 122 Å². The van der Waals surface area contributed by atoms with Gasteiger partial charge in [0.15, 0.2) is 0 Å². The molecule has 0 fully saturated rings. The van der Waals surface area contributed by atoms with Crippen molar-refractivity contribution in [2.75, 3.05) is 0 Å². The van der Waals surface area contributed by atoms with Gasteiger partial charge in [0.05, 0.1) is 5.75 Å². The summed E-state index contributed by atoms with van der Waals surface area (Å²) < 4.78 is 52.8. The van der Waals surface area contributed by atoms with Crippen molar-refractivity contribution in [3.63, 3.8) is 0 Å². The van der Waals surface area contributed by atoms with Crippen LogP contribution in [0.1, 0.15) is 25.8 Å². The number of hydrogen-bond donors (Lipinski definition) is 2. The summed E-state index contributed by atoms with van der Waals surface area (Å²) in [6.07, 6.45) is 0.438. The van der Waals surface area contributed by atoms with E-state index < -0.39 is 50.9 Å². The van der Waals surface area contributed by atoms with Gasteiger partial charge >= 0.3 is 5.97 Å². The van der Waals surface area contributed by atoms with Crippen LogP contribution in [-0.2, 0) is 20.6 Å². The highest BCUT2D eigenvalue weighted by atomic mass is 32.2. The molecule has 2 atom stereocenters. The predicted molar refractivity (Wildman–Crippen MR) is 73.0 cm³/mol. The number of carbonyl (C=O) groups is 1. The average molecular weight is 321 g/mol. The Hall–Kier alpha value is -1.54. The maximum Gasteiger partial charge on any atom is 0.322 e. The van der Waals surface area contributed by atoms with Crippen molar-refractivity contribution in [2.24, 2.45) is 5.92 Å². The first-order chi connectivity index (χ1) is 9.68. The third-order valence-corrected chi connectivity index (χ3v) is 4.46. The van der Waals surface area contributed by atoms with Crippen LogP contribution < -0.4 is 4.72 Å². The molecule has 0 radical (unpaired) electrons. The summed E-state index contributed by atoms with van der Waals surface area (Å²) in [7, 11) is -4.19. The summed E-state index contributed by atoms with van der Waals surface area (Å²) in [5.41, 5.74) is -0.613. The Morgan fingerprint density at radius 1 is 1.33 bits per heavy atom. The lowest BCUT2D eigenvalue weighted by molar-refractivity contribution is -0.140. The number of halogens is 2. The lowest BCUT2D eigenvalue weighted by Crippen LogP contribution is -2.45. The summed E-state index contributed by atoms with van der Waals surface area (Å²) in [5.74, 6) is -4.72. The topological polar surface area (TPSA) is 83.5 Å². The monoisotopic (exact) mass is 321 g/mol. The van der Waals surface area contributed by atoms with Crippen LogP contribution in [0.15, 0.2) is 18.2 Å². The van der Waals surface area contributed by atoms with Crippen molar-refractivity contribution in [1.29, 1.82) is 0 Å². The van der Waals surface area contributed by atoms with Gasteiger partial charge in [-0.25, -0.2) is 21.9 Å². The molecule has 0 heterocycles. The lowest BCUT2D eigenvalue weighted by atomic mass is 10.0. The van der Waals surface area contributed by atoms with Gasteiger partial charge in [-0.3, -0.25) is 4.79 Å². The first-order valence-electron chi connectivity index (χ1n) is 6.33. The van der Waals surface area contributed by atoms with Gasteiger partial charge in [-0.2, -0.15) is 0 Å². The first-order valence-corrected chi connectivity index (χ1v) is 7.99. The number of carboxylic acid groups (broad SMARTS) is 1. The Bertz CT molecular complexity index is 598. The van der Waals surface area contributed by atoms with E-state index in [2.05, 4.69) is 0 Å². The molecular formula is C13H17F2NO4S. The highest BCUT2D eigenvalue weighted by molar-refractivity contribution is 7.88. The van der Waals surface area contributed by atoms with Gasteiger partial charge < -0.3 is 5.11 Å². The molecule has 0 saturated heterocycles. The molecule has 1 aromatic rings. The largest absolute Gasteiger partial charge is 0.480 e. The number of sulfonamides is 1. The normalized spacial score (nSPS) is 14.7. The van der Waals surface area contributed by atoms with Gasteiger partial charge in [-0.1, -0.05) is 26.3 Å². The van der Waals surface area contributed by atoms with E-state index in [9.17, 15) is 22.0 Å². The zero-order valence-electron chi connectivity index (χ0n) is 11.6. The fourth-order valence-electron chi connectivity index (χ4n) is 1.74. The lowest BCUT2D eigenvalue weighted by Gasteiger charge is -2.20. The summed E-state index contributed by atoms with van der Waals surface area (Å²) in [6, 6.07) is 1.66. The van der Waals surface area contributed by atoms with Gasteiger partial charge in [0.2, 0.25) is 10.0 Å². The zero-order chi connectivity index (χ0) is 16.2. The summed E-state index contributed by atoms with van der Waals surface area (Å²) in [4.78, 5) is 11.1. The molecule has 8 heteroatoms. The second-order valence-corrected chi connectivity index (χ2v) is 6.53. The maximum absolute atomic E-state index is 13.5. The molecule has 0 spiro atoms. The zero-order valence-corrected chi connectivity index (χ0v) is 12.5. The SMILES string of the molecule is CC[C@H](C)[C@H](NS(=O)(=O)Cc1c(F)cccc1F)C(=O)O. The number of hydrogen-bond acceptors (Lipinski definition) is 3. The molecule has 21 heavy (non-hydrogen) atoms. The Morgan fingerprint density at radius 2 is 1.86 bits per heavy atom. The third kappa shape index (κ3) is 4.75. The highest BCUT2D eigenvalue weighted by Crippen LogP contribution is 2.16. The van der Waals surface area contributed by atoms with Crippen LogP contribution in [0.2, 0.25) is 0 Å².